The van der Waals surface area contributed by atoms with E-state index in [1.807, 2.05) is 13.0 Å². The summed E-state index contributed by atoms with van der Waals surface area (Å²) in [5.41, 5.74) is 0.997. The minimum Gasteiger partial charge on any atom is -0.370 e. The molecule has 0 fully saturated rings. The molecule has 3 nitrogen and oxygen atoms in total. The second kappa shape index (κ2) is 4.04. The number of aromatic nitrogens is 2. The Kier molecular flexibility index (Phi) is 3.02. The van der Waals surface area contributed by atoms with Crippen molar-refractivity contribution in [3.8, 4) is 0 Å². The molecule has 1 aromatic heterocycles. The number of rotatable bonds is 3. The molecule has 0 atom stereocenters. The maximum atomic E-state index is 4.09. The average molecular weight is 165 g/mol. The zero-order valence-electron chi connectivity index (χ0n) is 7.83. The van der Waals surface area contributed by atoms with Gasteiger partial charge in [0.1, 0.15) is 12.1 Å². The summed E-state index contributed by atoms with van der Waals surface area (Å²) in [5.74, 6) is 1.55. The Labute approximate surface area is 73.2 Å². The molecule has 1 heterocycles. The van der Waals surface area contributed by atoms with Crippen LogP contribution in [0.25, 0.3) is 0 Å². The Balaban J connectivity index is 2.52. The Bertz CT molecular complexity index is 245. The van der Waals surface area contributed by atoms with E-state index in [2.05, 4.69) is 29.1 Å². The van der Waals surface area contributed by atoms with Crippen LogP contribution in [0, 0.1) is 12.8 Å². The van der Waals surface area contributed by atoms with Crippen molar-refractivity contribution in [2.45, 2.75) is 20.8 Å². The number of nitrogens with one attached hydrogen (secondary N) is 1. The topological polar surface area (TPSA) is 37.8 Å². The van der Waals surface area contributed by atoms with Crippen LogP contribution in [0.4, 0.5) is 5.82 Å². The number of hydrogen-bond acceptors (Lipinski definition) is 3. The quantitative estimate of drug-likeness (QED) is 0.742. The van der Waals surface area contributed by atoms with Gasteiger partial charge in [-0.2, -0.15) is 0 Å². The van der Waals surface area contributed by atoms with Crippen LogP contribution in [0.15, 0.2) is 12.4 Å². The second-order valence-corrected chi connectivity index (χ2v) is 3.32. The van der Waals surface area contributed by atoms with E-state index in [1.165, 1.54) is 0 Å². The van der Waals surface area contributed by atoms with Crippen molar-refractivity contribution in [3.05, 3.63) is 18.1 Å². The van der Waals surface area contributed by atoms with Crippen molar-refractivity contribution >= 4 is 5.82 Å². The van der Waals surface area contributed by atoms with Crippen LogP contribution in [0.5, 0.6) is 0 Å². The van der Waals surface area contributed by atoms with Crippen molar-refractivity contribution < 1.29 is 0 Å². The molecule has 1 aromatic rings. The van der Waals surface area contributed by atoms with Gasteiger partial charge in [-0.25, -0.2) is 9.97 Å². The van der Waals surface area contributed by atoms with Crippen LogP contribution in [-0.2, 0) is 0 Å². The lowest BCUT2D eigenvalue weighted by molar-refractivity contribution is 0.686. The van der Waals surface area contributed by atoms with Gasteiger partial charge in [0.25, 0.3) is 0 Å². The molecule has 66 valence electrons. The van der Waals surface area contributed by atoms with E-state index >= 15 is 0 Å². The van der Waals surface area contributed by atoms with Gasteiger partial charge in [0.05, 0.1) is 0 Å². The SMILES string of the molecule is Cc1cc(NCC(C)C)ncn1. The molecule has 0 spiro atoms. The molecule has 3 heteroatoms. The van der Waals surface area contributed by atoms with Crippen LogP contribution in [0.3, 0.4) is 0 Å². The van der Waals surface area contributed by atoms with Gasteiger partial charge >= 0.3 is 0 Å². The molecule has 0 aliphatic rings. The van der Waals surface area contributed by atoms with Gasteiger partial charge in [-0.3, -0.25) is 0 Å². The Morgan fingerprint density at radius 3 is 2.75 bits per heavy atom. The van der Waals surface area contributed by atoms with Gasteiger partial charge in [0, 0.05) is 18.3 Å². The third-order valence-corrected chi connectivity index (χ3v) is 1.50. The molecule has 0 radical (unpaired) electrons. The Morgan fingerprint density at radius 1 is 1.42 bits per heavy atom. The van der Waals surface area contributed by atoms with Crippen molar-refractivity contribution in [1.29, 1.82) is 0 Å². The molecule has 0 aromatic carbocycles. The lowest BCUT2D eigenvalue weighted by Crippen LogP contribution is -2.09. The van der Waals surface area contributed by atoms with E-state index in [0.29, 0.717) is 5.92 Å². The molecule has 1 N–H and O–H groups in total. The lowest BCUT2D eigenvalue weighted by atomic mass is 10.2. The first-order valence-electron chi connectivity index (χ1n) is 4.21. The van der Waals surface area contributed by atoms with Crippen molar-refractivity contribution in [2.75, 3.05) is 11.9 Å². The summed E-state index contributed by atoms with van der Waals surface area (Å²) < 4.78 is 0. The van der Waals surface area contributed by atoms with Crippen LogP contribution < -0.4 is 5.32 Å². The summed E-state index contributed by atoms with van der Waals surface area (Å²) in [6.45, 7) is 7.25. The van der Waals surface area contributed by atoms with Gasteiger partial charge in [0.15, 0.2) is 0 Å². The largest absolute Gasteiger partial charge is 0.370 e. The van der Waals surface area contributed by atoms with Crippen LogP contribution in [0.2, 0.25) is 0 Å². The molecule has 1 rings (SSSR count). The van der Waals surface area contributed by atoms with Crippen molar-refractivity contribution in [3.63, 3.8) is 0 Å². The fourth-order valence-corrected chi connectivity index (χ4v) is 0.860. The molecule has 0 saturated heterocycles. The second-order valence-electron chi connectivity index (χ2n) is 3.32. The molecule has 12 heavy (non-hydrogen) atoms. The monoisotopic (exact) mass is 165 g/mol. The molecular formula is C9H15N3. The average Bonchev–Trinajstić information content (AvgIpc) is 2.01. The summed E-state index contributed by atoms with van der Waals surface area (Å²) in [7, 11) is 0. The fraction of sp³-hybridized carbons (Fsp3) is 0.556. The van der Waals surface area contributed by atoms with E-state index in [-0.39, 0.29) is 0 Å². The fourth-order valence-electron chi connectivity index (χ4n) is 0.860. The highest BCUT2D eigenvalue weighted by molar-refractivity contribution is 5.34. The first-order chi connectivity index (χ1) is 5.68. The highest BCUT2D eigenvalue weighted by Crippen LogP contribution is 2.03. The lowest BCUT2D eigenvalue weighted by Gasteiger charge is -2.07. The minimum atomic E-state index is 0.639. The predicted octanol–water partition coefficient (Wildman–Crippen LogP) is 1.85. The normalized spacial score (nSPS) is 10.3. The first kappa shape index (κ1) is 8.97. The molecule has 0 aliphatic carbocycles. The Morgan fingerprint density at radius 2 is 2.17 bits per heavy atom. The van der Waals surface area contributed by atoms with Gasteiger partial charge < -0.3 is 5.32 Å². The minimum absolute atomic E-state index is 0.639. The van der Waals surface area contributed by atoms with E-state index < -0.39 is 0 Å². The summed E-state index contributed by atoms with van der Waals surface area (Å²) in [4.78, 5) is 8.11. The van der Waals surface area contributed by atoms with E-state index in [0.717, 1.165) is 18.1 Å². The standard InChI is InChI=1S/C9H15N3/c1-7(2)5-10-9-4-8(3)11-6-12-9/h4,6-7H,5H2,1-3H3,(H,10,11,12). The maximum absolute atomic E-state index is 4.09. The Hall–Kier alpha value is -1.12. The summed E-state index contributed by atoms with van der Waals surface area (Å²) in [6, 6.07) is 1.95. The third kappa shape index (κ3) is 2.86. The summed E-state index contributed by atoms with van der Waals surface area (Å²) in [5, 5.41) is 3.23. The smallest absolute Gasteiger partial charge is 0.129 e. The molecule has 0 aliphatic heterocycles. The zero-order chi connectivity index (χ0) is 8.97. The maximum Gasteiger partial charge on any atom is 0.129 e. The highest BCUT2D eigenvalue weighted by Gasteiger charge is 1.95. The zero-order valence-corrected chi connectivity index (χ0v) is 7.83. The van der Waals surface area contributed by atoms with Gasteiger partial charge in [-0.05, 0) is 12.8 Å². The third-order valence-electron chi connectivity index (χ3n) is 1.50. The summed E-state index contributed by atoms with van der Waals surface area (Å²) in [6.07, 6.45) is 1.58. The molecule has 0 amide bonds. The molecular weight excluding hydrogens is 150 g/mol. The van der Waals surface area contributed by atoms with Crippen LogP contribution >= 0.6 is 0 Å². The predicted molar refractivity (Wildman–Crippen MR) is 50.1 cm³/mol. The van der Waals surface area contributed by atoms with E-state index in [4.69, 9.17) is 0 Å². The number of nitrogens with zero attached hydrogens (tertiary/aromatic N) is 2. The van der Waals surface area contributed by atoms with E-state index in [9.17, 15) is 0 Å². The van der Waals surface area contributed by atoms with Crippen LogP contribution in [-0.4, -0.2) is 16.5 Å². The number of anilines is 1. The molecule has 0 unspecified atom stereocenters. The highest BCUT2D eigenvalue weighted by atomic mass is 15.0. The first-order valence-corrected chi connectivity index (χ1v) is 4.21. The van der Waals surface area contributed by atoms with Gasteiger partial charge in [-0.15, -0.1) is 0 Å². The number of aryl methyl sites for hydroxylation is 1. The number of hydrogen-bond donors (Lipinski definition) is 1. The van der Waals surface area contributed by atoms with Gasteiger partial charge in [0.2, 0.25) is 0 Å². The summed E-state index contributed by atoms with van der Waals surface area (Å²) >= 11 is 0. The van der Waals surface area contributed by atoms with Gasteiger partial charge in [-0.1, -0.05) is 13.8 Å². The van der Waals surface area contributed by atoms with Crippen molar-refractivity contribution in [2.24, 2.45) is 5.92 Å². The molecule has 0 saturated carbocycles. The molecule has 0 bridgehead atoms. The van der Waals surface area contributed by atoms with E-state index in [1.54, 1.807) is 6.33 Å². The van der Waals surface area contributed by atoms with Crippen molar-refractivity contribution in [1.82, 2.24) is 9.97 Å². The van der Waals surface area contributed by atoms with Crippen LogP contribution in [0.1, 0.15) is 19.5 Å².